The summed E-state index contributed by atoms with van der Waals surface area (Å²) in [5.41, 5.74) is 1.29. The van der Waals surface area contributed by atoms with Gasteiger partial charge in [-0.05, 0) is 23.9 Å². The molecule has 0 unspecified atom stereocenters. The molecule has 60 valence electrons. The minimum absolute atomic E-state index is 0.410. The zero-order valence-electron chi connectivity index (χ0n) is 6.46. The van der Waals surface area contributed by atoms with Crippen LogP contribution in [-0.4, -0.2) is 19.2 Å². The van der Waals surface area contributed by atoms with Gasteiger partial charge in [-0.15, -0.1) is 11.3 Å². The van der Waals surface area contributed by atoms with Crippen molar-refractivity contribution in [1.82, 2.24) is 5.32 Å². The van der Waals surface area contributed by atoms with Gasteiger partial charge < -0.3 is 10.1 Å². The number of ether oxygens (including phenoxy) is 1. The molecular formula is C8H11NOS. The number of nitrogens with one attached hydrogen (secondary N) is 1. The van der Waals surface area contributed by atoms with Gasteiger partial charge in [0.05, 0.1) is 0 Å². The Kier molecular flexibility index (Phi) is 1.84. The molecule has 1 aliphatic rings. The molecule has 1 aliphatic heterocycles. The van der Waals surface area contributed by atoms with E-state index < -0.39 is 0 Å². The van der Waals surface area contributed by atoms with Crippen molar-refractivity contribution in [3.05, 3.63) is 17.0 Å². The van der Waals surface area contributed by atoms with E-state index in [1.54, 1.807) is 11.3 Å². The molecule has 1 aromatic heterocycles. The van der Waals surface area contributed by atoms with Crippen LogP contribution in [0.1, 0.15) is 5.56 Å². The highest BCUT2D eigenvalue weighted by molar-refractivity contribution is 7.12. The summed E-state index contributed by atoms with van der Waals surface area (Å²) in [6.45, 7) is 4.08. The molecule has 1 saturated heterocycles. The summed E-state index contributed by atoms with van der Waals surface area (Å²) in [5.74, 6) is 0. The van der Waals surface area contributed by atoms with E-state index in [1.165, 1.54) is 5.56 Å². The third kappa shape index (κ3) is 1.54. The van der Waals surface area contributed by atoms with E-state index in [2.05, 4.69) is 23.7 Å². The van der Waals surface area contributed by atoms with E-state index in [0.717, 1.165) is 18.2 Å². The van der Waals surface area contributed by atoms with E-state index in [1.807, 2.05) is 0 Å². The molecular weight excluding hydrogens is 158 g/mol. The molecule has 0 amide bonds. The topological polar surface area (TPSA) is 21.3 Å². The number of hydrogen-bond acceptors (Lipinski definition) is 3. The van der Waals surface area contributed by atoms with Gasteiger partial charge in [0, 0.05) is 13.1 Å². The smallest absolute Gasteiger partial charge is 0.174 e. The lowest BCUT2D eigenvalue weighted by molar-refractivity contribution is 0.147. The number of hydrogen-bond donors (Lipinski definition) is 1. The standard InChI is InChI=1S/C8H11NOS/c1-6-2-8(11-5-6)10-7-3-9-4-7/h2,5,7,9H,3-4H2,1H3. The molecule has 2 rings (SSSR count). The summed E-state index contributed by atoms with van der Waals surface area (Å²) in [6, 6.07) is 2.09. The first kappa shape index (κ1) is 7.13. The van der Waals surface area contributed by atoms with E-state index in [0.29, 0.717) is 6.10 Å². The second kappa shape index (κ2) is 2.83. The Labute approximate surface area is 70.2 Å². The molecule has 0 radical (unpaired) electrons. The first-order valence-electron chi connectivity index (χ1n) is 3.77. The first-order chi connectivity index (χ1) is 5.34. The average Bonchev–Trinajstić information content (AvgIpc) is 2.27. The molecule has 0 aromatic carbocycles. The van der Waals surface area contributed by atoms with Crippen LogP contribution in [0.5, 0.6) is 5.06 Å². The third-order valence-electron chi connectivity index (χ3n) is 1.73. The van der Waals surface area contributed by atoms with E-state index in [9.17, 15) is 0 Å². The maximum absolute atomic E-state index is 5.63. The molecule has 0 aliphatic carbocycles. The van der Waals surface area contributed by atoms with E-state index in [4.69, 9.17) is 4.74 Å². The summed E-state index contributed by atoms with van der Waals surface area (Å²) < 4.78 is 5.63. The Balaban J connectivity index is 1.95. The lowest BCUT2D eigenvalue weighted by Gasteiger charge is -2.26. The predicted octanol–water partition coefficient (Wildman–Crippen LogP) is 1.41. The largest absolute Gasteiger partial charge is 0.478 e. The molecule has 1 aromatic rings. The fourth-order valence-electron chi connectivity index (χ4n) is 0.977. The van der Waals surface area contributed by atoms with Gasteiger partial charge in [0.1, 0.15) is 6.10 Å². The van der Waals surface area contributed by atoms with Crippen LogP contribution in [-0.2, 0) is 0 Å². The Bertz CT molecular complexity index is 242. The predicted molar refractivity (Wildman–Crippen MR) is 46.3 cm³/mol. The SMILES string of the molecule is Cc1csc(OC2CNC2)c1. The Hall–Kier alpha value is -0.540. The van der Waals surface area contributed by atoms with Crippen LogP contribution in [0.25, 0.3) is 0 Å². The average molecular weight is 169 g/mol. The van der Waals surface area contributed by atoms with Crippen molar-refractivity contribution in [2.24, 2.45) is 0 Å². The van der Waals surface area contributed by atoms with Crippen molar-refractivity contribution >= 4 is 11.3 Å². The van der Waals surface area contributed by atoms with Gasteiger partial charge in [-0.2, -0.15) is 0 Å². The minimum Gasteiger partial charge on any atom is -0.478 e. The van der Waals surface area contributed by atoms with E-state index in [-0.39, 0.29) is 0 Å². The molecule has 0 spiro atoms. The van der Waals surface area contributed by atoms with Gasteiger partial charge in [0.15, 0.2) is 5.06 Å². The van der Waals surface area contributed by atoms with Crippen LogP contribution in [0.2, 0.25) is 0 Å². The fraction of sp³-hybridized carbons (Fsp3) is 0.500. The molecule has 0 saturated carbocycles. The van der Waals surface area contributed by atoms with Crippen LogP contribution < -0.4 is 10.1 Å². The first-order valence-corrected chi connectivity index (χ1v) is 4.65. The monoisotopic (exact) mass is 169 g/mol. The maximum Gasteiger partial charge on any atom is 0.174 e. The van der Waals surface area contributed by atoms with Crippen LogP contribution in [0.3, 0.4) is 0 Å². The lowest BCUT2D eigenvalue weighted by atomic mass is 10.2. The Morgan fingerprint density at radius 3 is 2.91 bits per heavy atom. The molecule has 0 atom stereocenters. The Morgan fingerprint density at radius 2 is 2.45 bits per heavy atom. The van der Waals surface area contributed by atoms with Crippen molar-refractivity contribution in [2.45, 2.75) is 13.0 Å². The number of rotatable bonds is 2. The summed E-state index contributed by atoms with van der Waals surface area (Å²) in [6.07, 6.45) is 0.410. The molecule has 0 bridgehead atoms. The van der Waals surface area contributed by atoms with Gasteiger partial charge in [-0.1, -0.05) is 0 Å². The summed E-state index contributed by atoms with van der Waals surface area (Å²) in [5, 5.41) is 6.33. The van der Waals surface area contributed by atoms with Crippen molar-refractivity contribution in [2.75, 3.05) is 13.1 Å². The lowest BCUT2D eigenvalue weighted by Crippen LogP contribution is -2.50. The van der Waals surface area contributed by atoms with Gasteiger partial charge in [-0.25, -0.2) is 0 Å². The number of aryl methyl sites for hydroxylation is 1. The van der Waals surface area contributed by atoms with Crippen molar-refractivity contribution in [1.29, 1.82) is 0 Å². The number of thiophene rings is 1. The molecule has 1 fully saturated rings. The highest BCUT2D eigenvalue weighted by Crippen LogP contribution is 2.23. The van der Waals surface area contributed by atoms with Gasteiger partial charge >= 0.3 is 0 Å². The van der Waals surface area contributed by atoms with Gasteiger partial charge in [-0.3, -0.25) is 0 Å². The zero-order chi connectivity index (χ0) is 7.68. The molecule has 11 heavy (non-hydrogen) atoms. The molecule has 3 heteroatoms. The second-order valence-electron chi connectivity index (χ2n) is 2.84. The van der Waals surface area contributed by atoms with Crippen molar-refractivity contribution in [3.8, 4) is 5.06 Å². The van der Waals surface area contributed by atoms with Gasteiger partial charge in [0.2, 0.25) is 0 Å². The van der Waals surface area contributed by atoms with Crippen LogP contribution in [0.15, 0.2) is 11.4 Å². The van der Waals surface area contributed by atoms with Gasteiger partial charge in [0.25, 0.3) is 0 Å². The summed E-state index contributed by atoms with van der Waals surface area (Å²) >= 11 is 1.68. The summed E-state index contributed by atoms with van der Waals surface area (Å²) in [7, 11) is 0. The zero-order valence-corrected chi connectivity index (χ0v) is 7.28. The highest BCUT2D eigenvalue weighted by atomic mass is 32.1. The summed E-state index contributed by atoms with van der Waals surface area (Å²) in [4.78, 5) is 0. The van der Waals surface area contributed by atoms with Crippen molar-refractivity contribution < 1.29 is 4.74 Å². The highest BCUT2D eigenvalue weighted by Gasteiger charge is 2.18. The normalized spacial score (nSPS) is 17.9. The Morgan fingerprint density at radius 1 is 1.64 bits per heavy atom. The van der Waals surface area contributed by atoms with Crippen LogP contribution in [0.4, 0.5) is 0 Å². The van der Waals surface area contributed by atoms with Crippen LogP contribution >= 0.6 is 11.3 Å². The minimum atomic E-state index is 0.410. The van der Waals surface area contributed by atoms with Crippen molar-refractivity contribution in [3.63, 3.8) is 0 Å². The van der Waals surface area contributed by atoms with E-state index >= 15 is 0 Å². The van der Waals surface area contributed by atoms with Crippen LogP contribution in [0, 0.1) is 6.92 Å². The second-order valence-corrected chi connectivity index (χ2v) is 3.71. The quantitative estimate of drug-likeness (QED) is 0.722. The third-order valence-corrected chi connectivity index (χ3v) is 2.67. The fourth-order valence-corrected chi connectivity index (χ4v) is 1.79. The molecule has 2 heterocycles. The molecule has 1 N–H and O–H groups in total. The maximum atomic E-state index is 5.63. The molecule has 2 nitrogen and oxygen atoms in total.